The van der Waals surface area contributed by atoms with E-state index in [2.05, 4.69) is 5.32 Å². The number of nitrogens with one attached hydrogen (secondary N) is 1. The lowest BCUT2D eigenvalue weighted by Gasteiger charge is -2.15. The lowest BCUT2D eigenvalue weighted by Crippen LogP contribution is -2.30. The summed E-state index contributed by atoms with van der Waals surface area (Å²) in [5.74, 6) is -1.46. The molecule has 0 heterocycles. The van der Waals surface area contributed by atoms with Crippen LogP contribution < -0.4 is 10.1 Å². The van der Waals surface area contributed by atoms with Crippen LogP contribution >= 0.6 is 0 Å². The van der Waals surface area contributed by atoms with Crippen molar-refractivity contribution < 1.29 is 18.8 Å². The summed E-state index contributed by atoms with van der Waals surface area (Å²) in [5, 5.41) is 13.6. The number of nitro groups is 1. The molecular formula is C16H15FN2O4. The van der Waals surface area contributed by atoms with Crippen molar-refractivity contribution in [3.8, 4) is 5.75 Å². The maximum absolute atomic E-state index is 13.3. The molecule has 0 saturated carbocycles. The number of carbonyl (C=O) groups is 1. The number of carbonyl (C=O) groups excluding carboxylic acids is 1. The molecule has 120 valence electrons. The molecule has 2 aromatic carbocycles. The van der Waals surface area contributed by atoms with E-state index in [1.807, 2.05) is 13.0 Å². The smallest absolute Gasteiger partial charge is 0.311 e. The second-order valence-electron chi connectivity index (χ2n) is 4.99. The summed E-state index contributed by atoms with van der Waals surface area (Å²) in [7, 11) is 0. The third-order valence-electron chi connectivity index (χ3n) is 3.08. The first-order chi connectivity index (χ1) is 10.9. The lowest BCUT2D eigenvalue weighted by molar-refractivity contribution is -0.386. The summed E-state index contributed by atoms with van der Waals surface area (Å²) >= 11 is 0. The van der Waals surface area contributed by atoms with E-state index in [9.17, 15) is 19.3 Å². The van der Waals surface area contributed by atoms with E-state index in [1.165, 1.54) is 6.92 Å². The van der Waals surface area contributed by atoms with Crippen LogP contribution in [0, 0.1) is 22.9 Å². The van der Waals surface area contributed by atoms with Crippen LogP contribution in [-0.2, 0) is 4.79 Å². The third kappa shape index (κ3) is 4.26. The first kappa shape index (κ1) is 16.4. The molecule has 0 bridgehead atoms. The van der Waals surface area contributed by atoms with Gasteiger partial charge in [0.25, 0.3) is 5.91 Å². The number of rotatable bonds is 5. The van der Waals surface area contributed by atoms with Crippen molar-refractivity contribution in [3.05, 3.63) is 64.0 Å². The monoisotopic (exact) mass is 318 g/mol. The van der Waals surface area contributed by atoms with Crippen LogP contribution in [0.2, 0.25) is 0 Å². The molecule has 2 aromatic rings. The maximum Gasteiger partial charge on any atom is 0.311 e. The van der Waals surface area contributed by atoms with E-state index in [1.54, 1.807) is 18.2 Å². The predicted octanol–water partition coefficient (Wildman–Crippen LogP) is 3.45. The number of amides is 1. The molecular weight excluding hydrogens is 303 g/mol. The highest BCUT2D eigenvalue weighted by molar-refractivity contribution is 5.94. The van der Waals surface area contributed by atoms with Gasteiger partial charge in [0.1, 0.15) is 5.82 Å². The summed E-state index contributed by atoms with van der Waals surface area (Å²) in [6.45, 7) is 3.31. The Morgan fingerprint density at radius 2 is 2.04 bits per heavy atom. The molecule has 2 rings (SSSR count). The molecule has 1 atom stereocenters. The van der Waals surface area contributed by atoms with Gasteiger partial charge >= 0.3 is 5.69 Å². The van der Waals surface area contributed by atoms with Crippen LogP contribution in [0.5, 0.6) is 5.75 Å². The normalized spacial score (nSPS) is 11.6. The topological polar surface area (TPSA) is 81.5 Å². The molecule has 0 spiro atoms. The molecule has 0 aromatic heterocycles. The largest absolute Gasteiger partial charge is 0.474 e. The second-order valence-corrected chi connectivity index (χ2v) is 4.99. The summed E-state index contributed by atoms with van der Waals surface area (Å²) < 4.78 is 18.5. The van der Waals surface area contributed by atoms with Gasteiger partial charge in [0.05, 0.1) is 4.92 Å². The van der Waals surface area contributed by atoms with Gasteiger partial charge in [-0.2, -0.15) is 0 Å². The average molecular weight is 318 g/mol. The number of benzene rings is 2. The van der Waals surface area contributed by atoms with Gasteiger partial charge in [-0.15, -0.1) is 0 Å². The molecule has 6 nitrogen and oxygen atoms in total. The second kappa shape index (κ2) is 6.87. The fourth-order valence-corrected chi connectivity index (χ4v) is 1.94. The Kier molecular flexibility index (Phi) is 4.90. The van der Waals surface area contributed by atoms with Gasteiger partial charge in [-0.25, -0.2) is 4.39 Å². The first-order valence-corrected chi connectivity index (χ1v) is 6.85. The highest BCUT2D eigenvalue weighted by Gasteiger charge is 2.22. The number of aryl methyl sites for hydroxylation is 1. The molecule has 0 aliphatic rings. The molecule has 23 heavy (non-hydrogen) atoms. The number of nitrogens with zero attached hydrogens (tertiary/aromatic N) is 1. The van der Waals surface area contributed by atoms with Gasteiger partial charge in [0, 0.05) is 17.8 Å². The summed E-state index contributed by atoms with van der Waals surface area (Å²) in [5.41, 5.74) is 1.15. The van der Waals surface area contributed by atoms with E-state index in [0.29, 0.717) is 5.69 Å². The Hall–Kier alpha value is -2.96. The molecule has 0 radical (unpaired) electrons. The van der Waals surface area contributed by atoms with Crippen LogP contribution in [0.1, 0.15) is 12.5 Å². The van der Waals surface area contributed by atoms with Gasteiger partial charge in [0.2, 0.25) is 5.75 Å². The minimum absolute atomic E-state index is 0.290. The minimum Gasteiger partial charge on any atom is -0.474 e. The van der Waals surface area contributed by atoms with Crippen molar-refractivity contribution in [3.63, 3.8) is 0 Å². The van der Waals surface area contributed by atoms with Crippen molar-refractivity contribution in [2.75, 3.05) is 5.32 Å². The van der Waals surface area contributed by atoms with Gasteiger partial charge < -0.3 is 10.1 Å². The van der Waals surface area contributed by atoms with Crippen molar-refractivity contribution in [1.29, 1.82) is 0 Å². The van der Waals surface area contributed by atoms with Crippen LogP contribution in [0.3, 0.4) is 0 Å². The van der Waals surface area contributed by atoms with Gasteiger partial charge in [-0.05, 0) is 37.6 Å². The van der Waals surface area contributed by atoms with Crippen LogP contribution in [-0.4, -0.2) is 16.9 Å². The predicted molar refractivity (Wildman–Crippen MR) is 83.0 cm³/mol. The number of nitro benzene ring substituents is 1. The Labute approximate surface area is 132 Å². The van der Waals surface area contributed by atoms with Gasteiger partial charge in [-0.3, -0.25) is 14.9 Å². The maximum atomic E-state index is 13.3. The summed E-state index contributed by atoms with van der Waals surface area (Å²) in [6, 6.07) is 9.99. The zero-order valence-corrected chi connectivity index (χ0v) is 12.6. The van der Waals surface area contributed by atoms with Crippen molar-refractivity contribution in [2.24, 2.45) is 0 Å². The first-order valence-electron chi connectivity index (χ1n) is 6.85. The lowest BCUT2D eigenvalue weighted by atomic mass is 10.2. The van der Waals surface area contributed by atoms with Gasteiger partial charge in [0.15, 0.2) is 6.10 Å². The van der Waals surface area contributed by atoms with Gasteiger partial charge in [-0.1, -0.05) is 12.1 Å². The van der Waals surface area contributed by atoms with Crippen LogP contribution in [0.4, 0.5) is 15.8 Å². The van der Waals surface area contributed by atoms with Crippen molar-refractivity contribution in [2.45, 2.75) is 20.0 Å². The Bertz CT molecular complexity index is 749. The molecule has 1 N–H and O–H groups in total. The third-order valence-corrected chi connectivity index (χ3v) is 3.08. The van der Waals surface area contributed by atoms with E-state index in [-0.39, 0.29) is 5.75 Å². The quantitative estimate of drug-likeness (QED) is 0.676. The molecule has 0 aliphatic carbocycles. The Morgan fingerprint density at radius 3 is 2.70 bits per heavy atom. The Morgan fingerprint density at radius 1 is 1.30 bits per heavy atom. The fourth-order valence-electron chi connectivity index (χ4n) is 1.94. The number of hydrogen-bond acceptors (Lipinski definition) is 4. The number of anilines is 1. The van der Waals surface area contributed by atoms with Crippen molar-refractivity contribution in [1.82, 2.24) is 0 Å². The number of halogens is 1. The summed E-state index contributed by atoms with van der Waals surface area (Å²) in [4.78, 5) is 22.3. The Balaban J connectivity index is 2.12. The average Bonchev–Trinajstić information content (AvgIpc) is 2.46. The molecule has 0 saturated heterocycles. The number of ether oxygens (including phenoxy) is 1. The van der Waals surface area contributed by atoms with E-state index >= 15 is 0 Å². The molecule has 1 amide bonds. The van der Waals surface area contributed by atoms with Crippen LogP contribution in [0.15, 0.2) is 42.5 Å². The van der Waals surface area contributed by atoms with Crippen molar-refractivity contribution >= 4 is 17.3 Å². The molecule has 0 unspecified atom stereocenters. The van der Waals surface area contributed by atoms with E-state index < -0.39 is 28.4 Å². The zero-order valence-electron chi connectivity index (χ0n) is 12.6. The zero-order chi connectivity index (χ0) is 17.0. The summed E-state index contributed by atoms with van der Waals surface area (Å²) in [6.07, 6.45) is -1.03. The molecule has 7 heteroatoms. The SMILES string of the molecule is Cc1cccc(NC(=O)[C@H](C)Oc2cc(F)ccc2[N+](=O)[O-])c1. The standard InChI is InChI=1S/C16H15FN2O4/c1-10-4-3-5-13(8-10)18-16(20)11(2)23-15-9-12(17)6-7-14(15)19(21)22/h3-9,11H,1-2H3,(H,18,20)/t11-/m0/s1. The highest BCUT2D eigenvalue weighted by atomic mass is 19.1. The molecule has 0 fully saturated rings. The highest BCUT2D eigenvalue weighted by Crippen LogP contribution is 2.28. The van der Waals surface area contributed by atoms with E-state index in [4.69, 9.17) is 4.74 Å². The van der Waals surface area contributed by atoms with Crippen LogP contribution in [0.25, 0.3) is 0 Å². The number of hydrogen-bond donors (Lipinski definition) is 1. The fraction of sp³-hybridized carbons (Fsp3) is 0.188. The van der Waals surface area contributed by atoms with E-state index in [0.717, 1.165) is 23.8 Å². The minimum atomic E-state index is -1.03. The molecule has 0 aliphatic heterocycles.